The Labute approximate surface area is 228 Å². The third-order valence-corrected chi connectivity index (χ3v) is 7.87. The molecule has 0 saturated carbocycles. The normalized spacial score (nSPS) is 21.4. The first-order valence-corrected chi connectivity index (χ1v) is 13.8. The van der Waals surface area contributed by atoms with E-state index in [1.54, 1.807) is 0 Å². The van der Waals surface area contributed by atoms with E-state index in [0.717, 1.165) is 42.5 Å². The molecule has 9 heteroatoms. The number of hydrogen-bond donors (Lipinski definition) is 2. The molecular formula is C29H35ClN4O4. The van der Waals surface area contributed by atoms with Gasteiger partial charge in [-0.2, -0.15) is 0 Å². The van der Waals surface area contributed by atoms with Gasteiger partial charge in [-0.1, -0.05) is 55.8 Å². The number of amides is 1. The van der Waals surface area contributed by atoms with E-state index in [1.807, 2.05) is 36.9 Å². The fraction of sp³-hybridized carbons (Fsp3) is 0.483. The van der Waals surface area contributed by atoms with Gasteiger partial charge in [-0.15, -0.1) is 0 Å². The van der Waals surface area contributed by atoms with Crippen molar-refractivity contribution in [1.29, 1.82) is 0 Å². The van der Waals surface area contributed by atoms with E-state index < -0.39 is 6.35 Å². The summed E-state index contributed by atoms with van der Waals surface area (Å²) < 4.78 is 11.1. The maximum absolute atomic E-state index is 12.2. The Morgan fingerprint density at radius 3 is 2.42 bits per heavy atom. The Balaban J connectivity index is 1.20. The van der Waals surface area contributed by atoms with Crippen molar-refractivity contribution in [3.8, 4) is 11.3 Å². The van der Waals surface area contributed by atoms with Gasteiger partial charge in [-0.05, 0) is 49.3 Å². The Morgan fingerprint density at radius 2 is 1.79 bits per heavy atom. The second-order valence-electron chi connectivity index (χ2n) is 10.5. The van der Waals surface area contributed by atoms with Gasteiger partial charge in [-0.25, -0.2) is 4.98 Å². The Morgan fingerprint density at radius 1 is 1.08 bits per heavy atom. The molecule has 0 radical (unpaired) electrons. The zero-order chi connectivity index (χ0) is 26.8. The SMILES string of the molecule is COC(=O)C1CC=C(c2ccc(-c3nc4c(cc3Cl)NC(OC3CCN(C(=O)C(C)C)CC3)N4)cc2)CC1. The minimum atomic E-state index is -0.393. The second-order valence-corrected chi connectivity index (χ2v) is 10.9. The molecule has 2 N–H and O–H groups in total. The summed E-state index contributed by atoms with van der Waals surface area (Å²) in [4.78, 5) is 30.8. The summed E-state index contributed by atoms with van der Waals surface area (Å²) in [5.74, 6) is 0.747. The van der Waals surface area contributed by atoms with Crippen LogP contribution in [0, 0.1) is 11.8 Å². The first-order valence-electron chi connectivity index (χ1n) is 13.4. The Bertz CT molecular complexity index is 1220. The molecule has 1 fully saturated rings. The molecular weight excluding hydrogens is 504 g/mol. The van der Waals surface area contributed by atoms with Crippen LogP contribution < -0.4 is 10.6 Å². The van der Waals surface area contributed by atoms with Crippen LogP contribution in [0.1, 0.15) is 51.5 Å². The maximum atomic E-state index is 12.2. The molecule has 202 valence electrons. The minimum absolute atomic E-state index is 0.0199. The van der Waals surface area contributed by atoms with Crippen LogP contribution in [0.5, 0.6) is 0 Å². The van der Waals surface area contributed by atoms with Crippen molar-refractivity contribution in [2.45, 2.75) is 58.4 Å². The van der Waals surface area contributed by atoms with E-state index in [0.29, 0.717) is 36.0 Å². The highest BCUT2D eigenvalue weighted by Gasteiger charge is 2.30. The zero-order valence-electron chi connectivity index (χ0n) is 22.1. The van der Waals surface area contributed by atoms with Crippen LogP contribution in [0.3, 0.4) is 0 Å². The smallest absolute Gasteiger partial charge is 0.308 e. The molecule has 8 nitrogen and oxygen atoms in total. The lowest BCUT2D eigenvalue weighted by Crippen LogP contribution is -2.44. The average Bonchev–Trinajstić information content (AvgIpc) is 3.33. The van der Waals surface area contributed by atoms with Crippen molar-refractivity contribution in [3.63, 3.8) is 0 Å². The molecule has 2 aromatic rings. The number of likely N-dealkylation sites (tertiary alicyclic amines) is 1. The van der Waals surface area contributed by atoms with Crippen molar-refractivity contribution in [1.82, 2.24) is 9.88 Å². The van der Waals surface area contributed by atoms with Crippen LogP contribution in [0.25, 0.3) is 16.8 Å². The molecule has 1 aromatic heterocycles. The number of carbonyl (C=O) groups excluding carboxylic acids is 2. The number of hydrogen-bond acceptors (Lipinski definition) is 7. The summed E-state index contributed by atoms with van der Waals surface area (Å²) in [5, 5.41) is 7.20. The van der Waals surface area contributed by atoms with Crippen molar-refractivity contribution in [2.75, 3.05) is 30.8 Å². The summed E-state index contributed by atoms with van der Waals surface area (Å²) >= 11 is 6.64. The molecule has 1 aliphatic carbocycles. The van der Waals surface area contributed by atoms with Crippen LogP contribution in [0.15, 0.2) is 36.4 Å². The van der Waals surface area contributed by atoms with Crippen LogP contribution >= 0.6 is 11.6 Å². The van der Waals surface area contributed by atoms with Gasteiger partial charge in [0.15, 0.2) is 5.82 Å². The molecule has 5 rings (SSSR count). The molecule has 2 aliphatic heterocycles. The number of anilines is 2. The average molecular weight is 539 g/mol. The first-order chi connectivity index (χ1) is 18.3. The zero-order valence-corrected chi connectivity index (χ0v) is 22.9. The number of pyridine rings is 1. The number of benzene rings is 1. The number of allylic oxidation sites excluding steroid dienone is 2. The van der Waals surface area contributed by atoms with Crippen LogP contribution in [-0.2, 0) is 19.1 Å². The minimum Gasteiger partial charge on any atom is -0.469 e. The summed E-state index contributed by atoms with van der Waals surface area (Å²) in [6.45, 7) is 5.31. The fourth-order valence-corrected chi connectivity index (χ4v) is 5.63. The lowest BCUT2D eigenvalue weighted by Gasteiger charge is -2.34. The number of piperidine rings is 1. The van der Waals surface area contributed by atoms with Gasteiger partial charge >= 0.3 is 5.97 Å². The van der Waals surface area contributed by atoms with Crippen LogP contribution in [-0.4, -0.2) is 54.4 Å². The van der Waals surface area contributed by atoms with Gasteiger partial charge < -0.3 is 25.0 Å². The van der Waals surface area contributed by atoms with E-state index in [2.05, 4.69) is 28.8 Å². The standard InChI is InChI=1S/C29H35ClN4O4/c1-17(2)27(35)34-14-12-22(13-15-34)38-29-31-24-16-23(30)25(32-26(24)33-29)20-8-4-18(5-9-20)19-6-10-21(11-7-19)28(36)37-3/h4-6,8-9,16-17,21-22,29,31H,7,10-15H2,1-3H3,(H,32,33). The number of fused-ring (bicyclic) bond motifs is 1. The molecule has 0 bridgehead atoms. The van der Waals surface area contributed by atoms with Crippen molar-refractivity contribution < 1.29 is 19.1 Å². The molecule has 3 aliphatic rings. The highest BCUT2D eigenvalue weighted by Crippen LogP contribution is 2.38. The topological polar surface area (TPSA) is 92.8 Å². The lowest BCUT2D eigenvalue weighted by atomic mass is 9.86. The summed E-state index contributed by atoms with van der Waals surface area (Å²) in [6.07, 6.45) is 5.78. The van der Waals surface area contributed by atoms with Gasteiger partial charge in [0.05, 0.1) is 35.5 Å². The van der Waals surface area contributed by atoms with E-state index in [-0.39, 0.29) is 29.8 Å². The predicted octanol–water partition coefficient (Wildman–Crippen LogP) is 5.54. The van der Waals surface area contributed by atoms with Gasteiger partial charge in [0.25, 0.3) is 0 Å². The van der Waals surface area contributed by atoms with Crippen molar-refractivity contribution in [2.24, 2.45) is 11.8 Å². The van der Waals surface area contributed by atoms with E-state index >= 15 is 0 Å². The third kappa shape index (κ3) is 5.66. The number of carbonyl (C=O) groups is 2. The van der Waals surface area contributed by atoms with Gasteiger partial charge in [0, 0.05) is 24.6 Å². The molecule has 2 unspecified atom stereocenters. The number of aromatic nitrogens is 1. The predicted molar refractivity (Wildman–Crippen MR) is 149 cm³/mol. The number of ether oxygens (including phenoxy) is 2. The van der Waals surface area contributed by atoms with Gasteiger partial charge in [0.2, 0.25) is 12.3 Å². The van der Waals surface area contributed by atoms with Crippen molar-refractivity contribution in [3.05, 3.63) is 47.0 Å². The van der Waals surface area contributed by atoms with Crippen LogP contribution in [0.4, 0.5) is 11.5 Å². The van der Waals surface area contributed by atoms with E-state index in [9.17, 15) is 9.59 Å². The number of halogens is 1. The number of esters is 1. The molecule has 1 saturated heterocycles. The molecule has 0 spiro atoms. The van der Waals surface area contributed by atoms with E-state index in [1.165, 1.54) is 12.7 Å². The highest BCUT2D eigenvalue weighted by molar-refractivity contribution is 6.33. The number of nitrogens with zero attached hydrogens (tertiary/aromatic N) is 2. The van der Waals surface area contributed by atoms with Gasteiger partial charge in [0.1, 0.15) is 0 Å². The van der Waals surface area contributed by atoms with Crippen LogP contribution in [0.2, 0.25) is 5.02 Å². The third-order valence-electron chi connectivity index (χ3n) is 7.58. The molecule has 1 amide bonds. The molecule has 3 heterocycles. The molecule has 38 heavy (non-hydrogen) atoms. The largest absolute Gasteiger partial charge is 0.469 e. The summed E-state index contributed by atoms with van der Waals surface area (Å²) in [6, 6.07) is 10.1. The first kappa shape index (κ1) is 26.5. The Hall–Kier alpha value is -3.10. The number of methoxy groups -OCH3 is 1. The second kappa shape index (κ2) is 11.3. The van der Waals surface area contributed by atoms with E-state index in [4.69, 9.17) is 26.1 Å². The molecule has 2 atom stereocenters. The van der Waals surface area contributed by atoms with Gasteiger partial charge in [-0.3, -0.25) is 9.59 Å². The summed E-state index contributed by atoms with van der Waals surface area (Å²) in [7, 11) is 1.44. The number of rotatable bonds is 6. The quantitative estimate of drug-likeness (QED) is 0.466. The molecule has 1 aromatic carbocycles. The Kier molecular flexibility index (Phi) is 7.91. The monoisotopic (exact) mass is 538 g/mol. The lowest BCUT2D eigenvalue weighted by molar-refractivity contribution is -0.145. The number of nitrogens with one attached hydrogen (secondary N) is 2. The maximum Gasteiger partial charge on any atom is 0.308 e. The summed E-state index contributed by atoms with van der Waals surface area (Å²) in [5.41, 5.74) is 4.83. The fourth-order valence-electron chi connectivity index (χ4n) is 5.37. The highest BCUT2D eigenvalue weighted by atomic mass is 35.5. The van der Waals surface area contributed by atoms with Crippen molar-refractivity contribution >= 4 is 40.6 Å².